The molecule has 10 heteroatoms. The van der Waals surface area contributed by atoms with Crippen molar-refractivity contribution in [3.8, 4) is 0 Å². The van der Waals surface area contributed by atoms with Crippen LogP contribution in [0.5, 0.6) is 0 Å². The number of non-ortho nitro benzene ring substituents is 2. The fourth-order valence-electron chi connectivity index (χ4n) is 1.81. The number of amides is 1. The summed E-state index contributed by atoms with van der Waals surface area (Å²) in [5.41, 5.74) is -1.40. The highest BCUT2D eigenvalue weighted by Crippen LogP contribution is 2.22. The quantitative estimate of drug-likeness (QED) is 0.605. The van der Waals surface area contributed by atoms with E-state index < -0.39 is 33.2 Å². The summed E-state index contributed by atoms with van der Waals surface area (Å²) in [6.45, 7) is -0.219. The number of nitrogens with zero attached hydrogens (tertiary/aromatic N) is 2. The summed E-state index contributed by atoms with van der Waals surface area (Å²) in [6.07, 6.45) is 0.243. The van der Waals surface area contributed by atoms with E-state index in [0.717, 1.165) is 18.2 Å². The second kappa shape index (κ2) is 6.66. The number of benzene rings is 1. The Bertz CT molecular complexity index is 710. The molecule has 0 fully saturated rings. The first kappa shape index (κ1) is 16.1. The summed E-state index contributed by atoms with van der Waals surface area (Å²) >= 11 is 0. The van der Waals surface area contributed by atoms with E-state index in [1.54, 1.807) is 6.07 Å². The van der Waals surface area contributed by atoms with Gasteiger partial charge in [-0.05, 0) is 12.1 Å². The standard InChI is InChI=1S/C13H11N3O7/c17-11(12-2-1-3-23-12)7-14-13(18)8-4-9(15(19)20)6-10(5-8)16(21)22/h1-6,11,17H,7H2,(H,14,18). The van der Waals surface area contributed by atoms with Gasteiger partial charge in [0, 0.05) is 12.1 Å². The molecule has 2 aromatic rings. The van der Waals surface area contributed by atoms with Crippen LogP contribution in [0, 0.1) is 20.2 Å². The molecule has 0 saturated carbocycles. The second-order valence-corrected chi connectivity index (χ2v) is 4.49. The number of carbonyl (C=O) groups excluding carboxylic acids is 1. The fraction of sp³-hybridized carbons (Fsp3) is 0.154. The SMILES string of the molecule is O=C(NCC(O)c1ccco1)c1cc([N+](=O)[O-])cc([N+](=O)[O-])c1. The zero-order valence-corrected chi connectivity index (χ0v) is 11.5. The molecule has 10 nitrogen and oxygen atoms in total. The van der Waals surface area contributed by atoms with Crippen molar-refractivity contribution in [1.82, 2.24) is 5.32 Å². The third kappa shape index (κ3) is 3.89. The molecule has 0 bridgehead atoms. The maximum absolute atomic E-state index is 12.0. The van der Waals surface area contributed by atoms with Crippen LogP contribution < -0.4 is 5.32 Å². The summed E-state index contributed by atoms with van der Waals surface area (Å²) in [7, 11) is 0. The van der Waals surface area contributed by atoms with Crippen molar-refractivity contribution in [3.05, 3.63) is 68.1 Å². The van der Waals surface area contributed by atoms with Gasteiger partial charge in [-0.1, -0.05) is 0 Å². The summed E-state index contributed by atoms with van der Waals surface area (Å²) in [6, 6.07) is 5.66. The van der Waals surface area contributed by atoms with Crippen LogP contribution in [0.3, 0.4) is 0 Å². The van der Waals surface area contributed by atoms with Gasteiger partial charge in [0.15, 0.2) is 0 Å². The lowest BCUT2D eigenvalue weighted by atomic mass is 10.1. The molecule has 0 spiro atoms. The molecule has 0 aliphatic heterocycles. The first-order chi connectivity index (χ1) is 10.9. The Labute approximate surface area is 128 Å². The molecule has 1 atom stereocenters. The Hall–Kier alpha value is -3.27. The minimum absolute atomic E-state index is 0.219. The Kier molecular flexibility index (Phi) is 4.66. The number of nitro groups is 2. The van der Waals surface area contributed by atoms with Gasteiger partial charge in [-0.15, -0.1) is 0 Å². The molecule has 1 amide bonds. The first-order valence-electron chi connectivity index (χ1n) is 6.32. The Morgan fingerprint density at radius 3 is 2.30 bits per heavy atom. The van der Waals surface area contributed by atoms with Crippen LogP contribution in [0.25, 0.3) is 0 Å². The van der Waals surface area contributed by atoms with Gasteiger partial charge in [-0.25, -0.2) is 0 Å². The Balaban J connectivity index is 2.15. The highest BCUT2D eigenvalue weighted by atomic mass is 16.6. The van der Waals surface area contributed by atoms with E-state index in [1.807, 2.05) is 0 Å². The lowest BCUT2D eigenvalue weighted by Crippen LogP contribution is -2.28. The van der Waals surface area contributed by atoms with Crippen molar-refractivity contribution in [2.24, 2.45) is 0 Å². The number of hydrogen-bond donors (Lipinski definition) is 2. The van der Waals surface area contributed by atoms with Crippen molar-refractivity contribution in [3.63, 3.8) is 0 Å². The van der Waals surface area contributed by atoms with E-state index in [1.165, 1.54) is 12.3 Å². The smallest absolute Gasteiger partial charge is 0.277 e. The van der Waals surface area contributed by atoms with Crippen LogP contribution in [-0.2, 0) is 0 Å². The Morgan fingerprint density at radius 1 is 1.22 bits per heavy atom. The minimum Gasteiger partial charge on any atom is -0.467 e. The van der Waals surface area contributed by atoms with Crippen LogP contribution in [-0.4, -0.2) is 27.4 Å². The molecule has 2 rings (SSSR count). The molecule has 0 radical (unpaired) electrons. The predicted molar refractivity (Wildman–Crippen MR) is 75.8 cm³/mol. The van der Waals surface area contributed by atoms with E-state index in [2.05, 4.69) is 5.32 Å². The van der Waals surface area contributed by atoms with E-state index in [4.69, 9.17) is 4.42 Å². The lowest BCUT2D eigenvalue weighted by molar-refractivity contribution is -0.394. The van der Waals surface area contributed by atoms with Crippen molar-refractivity contribution >= 4 is 17.3 Å². The molecule has 0 saturated heterocycles. The maximum atomic E-state index is 12.0. The van der Waals surface area contributed by atoms with Gasteiger partial charge >= 0.3 is 0 Å². The normalized spacial score (nSPS) is 11.7. The summed E-state index contributed by atoms with van der Waals surface area (Å²) in [5.74, 6) is -0.558. The number of carbonyl (C=O) groups is 1. The molecule has 0 aliphatic rings. The minimum atomic E-state index is -1.11. The molecule has 0 aliphatic carbocycles. The number of rotatable bonds is 6. The third-order valence-corrected chi connectivity index (χ3v) is 2.91. The predicted octanol–water partition coefficient (Wildman–Crippen LogP) is 1.56. The molecular formula is C13H11N3O7. The van der Waals surface area contributed by atoms with Gasteiger partial charge in [-0.3, -0.25) is 25.0 Å². The van der Waals surface area contributed by atoms with Crippen molar-refractivity contribution in [2.45, 2.75) is 6.10 Å². The van der Waals surface area contributed by atoms with Crippen LogP contribution in [0.4, 0.5) is 11.4 Å². The summed E-state index contributed by atoms with van der Waals surface area (Å²) in [4.78, 5) is 31.8. The monoisotopic (exact) mass is 321 g/mol. The zero-order chi connectivity index (χ0) is 17.0. The topological polar surface area (TPSA) is 149 Å². The van der Waals surface area contributed by atoms with Gasteiger partial charge in [0.25, 0.3) is 17.3 Å². The maximum Gasteiger partial charge on any atom is 0.277 e. The van der Waals surface area contributed by atoms with E-state index in [9.17, 15) is 30.1 Å². The van der Waals surface area contributed by atoms with Crippen molar-refractivity contribution in [1.29, 1.82) is 0 Å². The largest absolute Gasteiger partial charge is 0.467 e. The summed E-state index contributed by atoms with van der Waals surface area (Å²) < 4.78 is 4.95. The van der Waals surface area contributed by atoms with Gasteiger partial charge in [0.1, 0.15) is 11.9 Å². The third-order valence-electron chi connectivity index (χ3n) is 2.91. The van der Waals surface area contributed by atoms with Crippen LogP contribution in [0.1, 0.15) is 22.2 Å². The first-order valence-corrected chi connectivity index (χ1v) is 6.32. The highest BCUT2D eigenvalue weighted by Gasteiger charge is 2.20. The molecule has 2 N–H and O–H groups in total. The molecule has 1 aromatic carbocycles. The molecule has 1 unspecified atom stereocenters. The number of furan rings is 1. The van der Waals surface area contributed by atoms with Crippen LogP contribution in [0.15, 0.2) is 41.0 Å². The van der Waals surface area contributed by atoms with E-state index in [0.29, 0.717) is 0 Å². The molecule has 23 heavy (non-hydrogen) atoms. The molecule has 120 valence electrons. The highest BCUT2D eigenvalue weighted by molar-refractivity contribution is 5.95. The van der Waals surface area contributed by atoms with E-state index in [-0.39, 0.29) is 17.9 Å². The Morgan fingerprint density at radius 2 is 1.83 bits per heavy atom. The van der Waals surface area contributed by atoms with E-state index >= 15 is 0 Å². The average Bonchev–Trinajstić information content (AvgIpc) is 3.06. The van der Waals surface area contributed by atoms with Crippen LogP contribution >= 0.6 is 0 Å². The second-order valence-electron chi connectivity index (χ2n) is 4.49. The number of aliphatic hydroxyl groups is 1. The molecule has 1 aromatic heterocycles. The number of aliphatic hydroxyl groups excluding tert-OH is 1. The number of hydrogen-bond acceptors (Lipinski definition) is 7. The number of nitro benzene ring substituents is 2. The van der Waals surface area contributed by atoms with Gasteiger partial charge in [0.05, 0.1) is 34.3 Å². The fourth-order valence-corrected chi connectivity index (χ4v) is 1.81. The molecule has 1 heterocycles. The summed E-state index contributed by atoms with van der Waals surface area (Å²) in [5, 5.41) is 33.6. The van der Waals surface area contributed by atoms with Crippen molar-refractivity contribution in [2.75, 3.05) is 6.54 Å². The van der Waals surface area contributed by atoms with Gasteiger partial charge in [-0.2, -0.15) is 0 Å². The van der Waals surface area contributed by atoms with Crippen molar-refractivity contribution < 1.29 is 24.2 Å². The lowest BCUT2D eigenvalue weighted by Gasteiger charge is -2.09. The average molecular weight is 321 g/mol. The van der Waals surface area contributed by atoms with Crippen LogP contribution in [0.2, 0.25) is 0 Å². The zero-order valence-electron chi connectivity index (χ0n) is 11.5. The number of nitrogens with one attached hydrogen (secondary N) is 1. The molecular weight excluding hydrogens is 310 g/mol. The van der Waals surface area contributed by atoms with Gasteiger partial charge < -0.3 is 14.8 Å². The van der Waals surface area contributed by atoms with Gasteiger partial charge in [0.2, 0.25) is 0 Å².